The Morgan fingerprint density at radius 1 is 1.32 bits per heavy atom. The standard InChI is InChI=1S/C15H20O4/c1-5-18-15(16)9-7-12-6-8-13(17-4)14(10-12)19-11(2)3/h6-11H,5H2,1-4H3/b9-7+. The molecule has 0 unspecified atom stereocenters. The molecule has 1 aromatic carbocycles. The van der Waals surface area contributed by atoms with Crippen LogP contribution in [0.25, 0.3) is 6.08 Å². The minimum absolute atomic E-state index is 0.0539. The van der Waals surface area contributed by atoms with Crippen LogP contribution in [0.3, 0.4) is 0 Å². The lowest BCUT2D eigenvalue weighted by Crippen LogP contribution is -2.06. The maximum absolute atomic E-state index is 11.2. The number of esters is 1. The molecule has 19 heavy (non-hydrogen) atoms. The van der Waals surface area contributed by atoms with Crippen molar-refractivity contribution in [3.05, 3.63) is 29.8 Å². The van der Waals surface area contributed by atoms with Gasteiger partial charge in [0.2, 0.25) is 0 Å². The first kappa shape index (κ1) is 15.1. The molecule has 1 rings (SSSR count). The monoisotopic (exact) mass is 264 g/mol. The molecule has 0 amide bonds. The van der Waals surface area contributed by atoms with Gasteiger partial charge in [-0.3, -0.25) is 0 Å². The van der Waals surface area contributed by atoms with E-state index >= 15 is 0 Å². The normalized spacial score (nSPS) is 10.8. The van der Waals surface area contributed by atoms with Gasteiger partial charge < -0.3 is 14.2 Å². The van der Waals surface area contributed by atoms with E-state index in [1.54, 1.807) is 20.1 Å². The fourth-order valence-electron chi connectivity index (χ4n) is 1.50. The van der Waals surface area contributed by atoms with E-state index in [0.717, 1.165) is 5.56 Å². The molecular weight excluding hydrogens is 244 g/mol. The Hall–Kier alpha value is -1.97. The molecular formula is C15H20O4. The number of ether oxygens (including phenoxy) is 3. The van der Waals surface area contributed by atoms with Crippen molar-refractivity contribution < 1.29 is 19.0 Å². The third-order valence-electron chi connectivity index (χ3n) is 2.25. The van der Waals surface area contributed by atoms with Crippen LogP contribution in [0.2, 0.25) is 0 Å². The fourth-order valence-corrected chi connectivity index (χ4v) is 1.50. The predicted molar refractivity (Wildman–Crippen MR) is 74.4 cm³/mol. The number of methoxy groups -OCH3 is 1. The van der Waals surface area contributed by atoms with Gasteiger partial charge in [-0.2, -0.15) is 0 Å². The molecule has 0 aromatic heterocycles. The van der Waals surface area contributed by atoms with Crippen LogP contribution >= 0.6 is 0 Å². The molecule has 0 aliphatic rings. The highest BCUT2D eigenvalue weighted by atomic mass is 16.5. The van der Waals surface area contributed by atoms with Crippen molar-refractivity contribution in [3.63, 3.8) is 0 Å². The molecule has 0 N–H and O–H groups in total. The fraction of sp³-hybridized carbons (Fsp3) is 0.400. The molecule has 0 fully saturated rings. The Morgan fingerprint density at radius 2 is 2.05 bits per heavy atom. The molecule has 0 spiro atoms. The topological polar surface area (TPSA) is 44.8 Å². The number of carbonyl (C=O) groups excluding carboxylic acids is 1. The second-order valence-electron chi connectivity index (χ2n) is 4.16. The van der Waals surface area contributed by atoms with Gasteiger partial charge in [0.1, 0.15) is 0 Å². The lowest BCUT2D eigenvalue weighted by molar-refractivity contribution is -0.137. The van der Waals surface area contributed by atoms with Crippen LogP contribution in [0.1, 0.15) is 26.3 Å². The van der Waals surface area contributed by atoms with Gasteiger partial charge in [0.25, 0.3) is 0 Å². The van der Waals surface area contributed by atoms with E-state index in [0.29, 0.717) is 18.1 Å². The molecule has 0 bridgehead atoms. The van der Waals surface area contributed by atoms with E-state index in [1.807, 2.05) is 32.0 Å². The molecule has 0 aliphatic carbocycles. The maximum Gasteiger partial charge on any atom is 0.330 e. The van der Waals surface area contributed by atoms with Crippen molar-refractivity contribution in [2.45, 2.75) is 26.9 Å². The largest absolute Gasteiger partial charge is 0.493 e. The highest BCUT2D eigenvalue weighted by molar-refractivity contribution is 5.87. The predicted octanol–water partition coefficient (Wildman–Crippen LogP) is 3.06. The summed E-state index contributed by atoms with van der Waals surface area (Å²) in [5.41, 5.74) is 0.851. The highest BCUT2D eigenvalue weighted by Gasteiger charge is 2.06. The summed E-state index contributed by atoms with van der Waals surface area (Å²) in [4.78, 5) is 11.2. The average Bonchev–Trinajstić information content (AvgIpc) is 2.36. The summed E-state index contributed by atoms with van der Waals surface area (Å²) in [6, 6.07) is 5.48. The van der Waals surface area contributed by atoms with E-state index in [1.165, 1.54) is 6.08 Å². The molecule has 0 aliphatic heterocycles. The molecule has 0 saturated carbocycles. The number of hydrogen-bond donors (Lipinski definition) is 0. The summed E-state index contributed by atoms with van der Waals surface area (Å²) >= 11 is 0. The van der Waals surface area contributed by atoms with Gasteiger partial charge >= 0.3 is 5.97 Å². The van der Waals surface area contributed by atoms with Crippen molar-refractivity contribution in [2.24, 2.45) is 0 Å². The number of rotatable bonds is 6. The van der Waals surface area contributed by atoms with E-state index < -0.39 is 0 Å². The van der Waals surface area contributed by atoms with E-state index in [2.05, 4.69) is 0 Å². The van der Waals surface area contributed by atoms with Crippen LogP contribution in [0.15, 0.2) is 24.3 Å². The molecule has 1 aromatic rings. The van der Waals surface area contributed by atoms with Gasteiger partial charge in [-0.25, -0.2) is 4.79 Å². The Labute approximate surface area is 114 Å². The summed E-state index contributed by atoms with van der Waals surface area (Å²) in [6.45, 7) is 6.03. The first-order valence-corrected chi connectivity index (χ1v) is 6.26. The third-order valence-corrected chi connectivity index (χ3v) is 2.25. The van der Waals surface area contributed by atoms with Gasteiger partial charge in [-0.05, 0) is 44.5 Å². The van der Waals surface area contributed by atoms with Crippen LogP contribution in [0, 0.1) is 0 Å². The van der Waals surface area contributed by atoms with Crippen molar-refractivity contribution in [1.29, 1.82) is 0 Å². The van der Waals surface area contributed by atoms with E-state index in [9.17, 15) is 4.79 Å². The van der Waals surface area contributed by atoms with Gasteiger partial charge in [-0.1, -0.05) is 6.07 Å². The molecule has 4 nitrogen and oxygen atoms in total. The minimum Gasteiger partial charge on any atom is -0.493 e. The number of carbonyl (C=O) groups is 1. The van der Waals surface area contributed by atoms with Gasteiger partial charge in [-0.15, -0.1) is 0 Å². The lowest BCUT2D eigenvalue weighted by Gasteiger charge is -2.13. The molecule has 104 valence electrons. The van der Waals surface area contributed by atoms with Crippen molar-refractivity contribution in [1.82, 2.24) is 0 Å². The Bertz CT molecular complexity index is 449. The Kier molecular flexibility index (Phi) is 5.93. The summed E-state index contributed by atoms with van der Waals surface area (Å²) in [7, 11) is 1.59. The summed E-state index contributed by atoms with van der Waals surface area (Å²) < 4.78 is 15.7. The second-order valence-corrected chi connectivity index (χ2v) is 4.16. The van der Waals surface area contributed by atoms with Gasteiger partial charge in [0.15, 0.2) is 11.5 Å². The van der Waals surface area contributed by atoms with Crippen LogP contribution in [0.5, 0.6) is 11.5 Å². The summed E-state index contributed by atoms with van der Waals surface area (Å²) in [5.74, 6) is 0.968. The first-order chi connectivity index (χ1) is 9.06. The summed E-state index contributed by atoms with van der Waals surface area (Å²) in [5, 5.41) is 0. The minimum atomic E-state index is -0.357. The zero-order chi connectivity index (χ0) is 14.3. The number of hydrogen-bond acceptors (Lipinski definition) is 4. The average molecular weight is 264 g/mol. The quantitative estimate of drug-likeness (QED) is 0.585. The zero-order valence-electron chi connectivity index (χ0n) is 11.8. The van der Waals surface area contributed by atoms with Crippen molar-refractivity contribution >= 4 is 12.0 Å². The van der Waals surface area contributed by atoms with Crippen LogP contribution in [0.4, 0.5) is 0 Å². The van der Waals surface area contributed by atoms with Gasteiger partial charge in [0, 0.05) is 6.08 Å². The molecule has 4 heteroatoms. The Morgan fingerprint density at radius 3 is 2.63 bits per heavy atom. The lowest BCUT2D eigenvalue weighted by atomic mass is 10.2. The van der Waals surface area contributed by atoms with Crippen LogP contribution in [-0.2, 0) is 9.53 Å². The Balaban J connectivity index is 2.88. The SMILES string of the molecule is CCOC(=O)/C=C/c1ccc(OC)c(OC(C)C)c1. The van der Waals surface area contributed by atoms with Gasteiger partial charge in [0.05, 0.1) is 19.8 Å². The third kappa shape index (κ3) is 5.04. The molecule has 0 heterocycles. The van der Waals surface area contributed by atoms with Crippen molar-refractivity contribution in [2.75, 3.05) is 13.7 Å². The van der Waals surface area contributed by atoms with E-state index in [4.69, 9.17) is 14.2 Å². The van der Waals surface area contributed by atoms with Crippen LogP contribution in [-0.4, -0.2) is 25.8 Å². The molecule has 0 atom stereocenters. The van der Waals surface area contributed by atoms with E-state index in [-0.39, 0.29) is 12.1 Å². The zero-order valence-corrected chi connectivity index (χ0v) is 11.8. The highest BCUT2D eigenvalue weighted by Crippen LogP contribution is 2.29. The number of benzene rings is 1. The smallest absolute Gasteiger partial charge is 0.330 e. The molecule has 0 radical (unpaired) electrons. The van der Waals surface area contributed by atoms with Crippen molar-refractivity contribution in [3.8, 4) is 11.5 Å². The first-order valence-electron chi connectivity index (χ1n) is 6.26. The van der Waals surface area contributed by atoms with Crippen LogP contribution < -0.4 is 9.47 Å². The maximum atomic E-state index is 11.2. The summed E-state index contributed by atoms with van der Waals surface area (Å²) in [6.07, 6.45) is 3.13. The second kappa shape index (κ2) is 7.46. The molecule has 0 saturated heterocycles.